The maximum Gasteiger partial charge on any atom is 0.164 e. The molecule has 102 valence electrons. The highest BCUT2D eigenvalue weighted by Crippen LogP contribution is 2.41. The molecule has 1 saturated heterocycles. The number of hydrogen-bond donors (Lipinski definition) is 0. The van der Waals surface area contributed by atoms with E-state index in [1.54, 1.807) is 6.26 Å². The van der Waals surface area contributed by atoms with E-state index in [9.17, 15) is 0 Å². The van der Waals surface area contributed by atoms with E-state index >= 15 is 0 Å². The molecule has 1 aromatic carbocycles. The largest absolute Gasteiger partial charge is 0.496 e. The van der Waals surface area contributed by atoms with Crippen LogP contribution >= 0.6 is 0 Å². The molecule has 3 heteroatoms. The number of allylic oxidation sites excluding steroid dienone is 1. The molecule has 1 unspecified atom stereocenters. The van der Waals surface area contributed by atoms with Crippen LogP contribution in [0.5, 0.6) is 0 Å². The van der Waals surface area contributed by atoms with Gasteiger partial charge < -0.3 is 14.2 Å². The molecule has 1 fully saturated rings. The molecule has 1 aromatic rings. The van der Waals surface area contributed by atoms with Gasteiger partial charge >= 0.3 is 0 Å². The van der Waals surface area contributed by atoms with Crippen molar-refractivity contribution in [3.8, 4) is 0 Å². The van der Waals surface area contributed by atoms with E-state index in [1.807, 2.05) is 32.0 Å². The molecule has 3 rings (SSSR count). The Balaban J connectivity index is 1.85. The Hall–Kier alpha value is -1.32. The van der Waals surface area contributed by atoms with Crippen LogP contribution in [0.25, 0.3) is 0 Å². The van der Waals surface area contributed by atoms with Crippen molar-refractivity contribution >= 4 is 0 Å². The summed E-state index contributed by atoms with van der Waals surface area (Å²) in [5.41, 5.74) is 1.15. The van der Waals surface area contributed by atoms with E-state index in [4.69, 9.17) is 14.2 Å². The Labute approximate surface area is 114 Å². The third kappa shape index (κ3) is 2.67. The molecule has 3 atom stereocenters. The summed E-state index contributed by atoms with van der Waals surface area (Å²) in [6.07, 6.45) is 5.79. The molecule has 0 aliphatic carbocycles. The second kappa shape index (κ2) is 4.99. The maximum absolute atomic E-state index is 6.07. The quantitative estimate of drug-likeness (QED) is 0.813. The third-order valence-electron chi connectivity index (χ3n) is 3.59. The average Bonchev–Trinajstić information content (AvgIpc) is 2.77. The lowest BCUT2D eigenvalue weighted by molar-refractivity contribution is -0.156. The first kappa shape index (κ1) is 12.7. The monoisotopic (exact) mass is 260 g/mol. The van der Waals surface area contributed by atoms with Gasteiger partial charge in [0, 0.05) is 0 Å². The molecular weight excluding hydrogens is 240 g/mol. The Kier molecular flexibility index (Phi) is 3.33. The standard InChI is InChI=1S/C16H20O3/c1-16(2)18-14(12-8-4-3-5-9-12)15(19-16)13-10-6-7-11-17-13/h3-5,7-9,11,13-15H,6,10H2,1-2H3/t13?,14-,15-/m0/s1. The smallest absolute Gasteiger partial charge is 0.164 e. The minimum atomic E-state index is -0.560. The summed E-state index contributed by atoms with van der Waals surface area (Å²) < 4.78 is 17.9. The number of hydrogen-bond acceptors (Lipinski definition) is 3. The fourth-order valence-corrected chi connectivity index (χ4v) is 2.76. The van der Waals surface area contributed by atoms with Crippen LogP contribution in [0.3, 0.4) is 0 Å². The summed E-state index contributed by atoms with van der Waals surface area (Å²) in [6, 6.07) is 10.2. The van der Waals surface area contributed by atoms with Gasteiger partial charge in [-0.3, -0.25) is 0 Å². The zero-order valence-corrected chi connectivity index (χ0v) is 11.4. The van der Waals surface area contributed by atoms with Crippen LogP contribution < -0.4 is 0 Å². The van der Waals surface area contributed by atoms with Gasteiger partial charge in [0.2, 0.25) is 0 Å². The van der Waals surface area contributed by atoms with Gasteiger partial charge in [-0.2, -0.15) is 0 Å². The first-order valence-electron chi connectivity index (χ1n) is 6.87. The summed E-state index contributed by atoms with van der Waals surface area (Å²) in [7, 11) is 0. The molecule has 2 aliphatic rings. The fourth-order valence-electron chi connectivity index (χ4n) is 2.76. The zero-order valence-electron chi connectivity index (χ0n) is 11.4. The van der Waals surface area contributed by atoms with Crippen LogP contribution in [-0.2, 0) is 14.2 Å². The minimum absolute atomic E-state index is 0.0534. The molecule has 0 radical (unpaired) electrons. The van der Waals surface area contributed by atoms with E-state index in [0.29, 0.717) is 0 Å². The Morgan fingerprint density at radius 3 is 2.58 bits per heavy atom. The van der Waals surface area contributed by atoms with Gasteiger partial charge in [0.05, 0.1) is 6.26 Å². The fraction of sp³-hybridized carbons (Fsp3) is 0.500. The van der Waals surface area contributed by atoms with Gasteiger partial charge in [0.1, 0.15) is 18.3 Å². The van der Waals surface area contributed by atoms with Crippen LogP contribution in [0.4, 0.5) is 0 Å². The molecule has 0 aromatic heterocycles. The average molecular weight is 260 g/mol. The van der Waals surface area contributed by atoms with Crippen molar-refractivity contribution in [1.29, 1.82) is 0 Å². The topological polar surface area (TPSA) is 27.7 Å². The summed E-state index contributed by atoms with van der Waals surface area (Å²) in [4.78, 5) is 0. The van der Waals surface area contributed by atoms with Gasteiger partial charge in [-0.05, 0) is 38.3 Å². The van der Waals surface area contributed by atoms with Crippen LogP contribution in [0.15, 0.2) is 42.7 Å². The highest BCUT2D eigenvalue weighted by atomic mass is 16.8. The maximum atomic E-state index is 6.07. The van der Waals surface area contributed by atoms with Gasteiger partial charge in [0.25, 0.3) is 0 Å². The van der Waals surface area contributed by atoms with Crippen molar-refractivity contribution < 1.29 is 14.2 Å². The zero-order chi connectivity index (χ0) is 13.3. The molecule has 0 N–H and O–H groups in total. The molecule has 2 heterocycles. The molecule has 19 heavy (non-hydrogen) atoms. The highest BCUT2D eigenvalue weighted by Gasteiger charge is 2.46. The second-order valence-corrected chi connectivity index (χ2v) is 5.56. The van der Waals surface area contributed by atoms with Crippen LogP contribution in [0, 0.1) is 0 Å². The Morgan fingerprint density at radius 2 is 1.89 bits per heavy atom. The SMILES string of the molecule is CC1(C)O[C@@H](c2ccccc2)[C@H](C2CCC=CO2)O1. The lowest BCUT2D eigenvalue weighted by Crippen LogP contribution is -2.34. The molecule has 0 saturated carbocycles. The van der Waals surface area contributed by atoms with Crippen molar-refractivity contribution in [3.63, 3.8) is 0 Å². The van der Waals surface area contributed by atoms with E-state index < -0.39 is 5.79 Å². The lowest BCUT2D eigenvalue weighted by atomic mass is 9.97. The second-order valence-electron chi connectivity index (χ2n) is 5.56. The van der Waals surface area contributed by atoms with E-state index in [0.717, 1.165) is 18.4 Å². The lowest BCUT2D eigenvalue weighted by Gasteiger charge is -2.28. The first-order valence-corrected chi connectivity index (χ1v) is 6.87. The van der Waals surface area contributed by atoms with Gasteiger partial charge in [-0.25, -0.2) is 0 Å². The summed E-state index contributed by atoms with van der Waals surface area (Å²) in [5, 5.41) is 0. The van der Waals surface area contributed by atoms with E-state index in [1.165, 1.54) is 0 Å². The van der Waals surface area contributed by atoms with E-state index in [-0.39, 0.29) is 18.3 Å². The van der Waals surface area contributed by atoms with Crippen LogP contribution in [0.2, 0.25) is 0 Å². The first-order chi connectivity index (χ1) is 9.16. The number of ether oxygens (including phenoxy) is 3. The molecule has 0 bridgehead atoms. The van der Waals surface area contributed by atoms with Crippen molar-refractivity contribution in [3.05, 3.63) is 48.2 Å². The van der Waals surface area contributed by atoms with Crippen LogP contribution in [-0.4, -0.2) is 18.0 Å². The molecule has 3 nitrogen and oxygen atoms in total. The Morgan fingerprint density at radius 1 is 1.11 bits per heavy atom. The molecule has 0 spiro atoms. The normalized spacial score (nSPS) is 33.1. The minimum Gasteiger partial charge on any atom is -0.496 e. The highest BCUT2D eigenvalue weighted by molar-refractivity contribution is 5.20. The van der Waals surface area contributed by atoms with Crippen LogP contribution in [0.1, 0.15) is 38.4 Å². The summed E-state index contributed by atoms with van der Waals surface area (Å²) >= 11 is 0. The van der Waals surface area contributed by atoms with Crippen molar-refractivity contribution in [2.75, 3.05) is 0 Å². The van der Waals surface area contributed by atoms with Crippen molar-refractivity contribution in [1.82, 2.24) is 0 Å². The molecular formula is C16H20O3. The van der Waals surface area contributed by atoms with Gasteiger partial charge in [0.15, 0.2) is 5.79 Å². The van der Waals surface area contributed by atoms with Gasteiger partial charge in [-0.15, -0.1) is 0 Å². The van der Waals surface area contributed by atoms with Gasteiger partial charge in [-0.1, -0.05) is 30.3 Å². The number of benzene rings is 1. The molecule has 2 aliphatic heterocycles. The predicted molar refractivity (Wildman–Crippen MR) is 72.5 cm³/mol. The summed E-state index contributed by atoms with van der Waals surface area (Å²) in [5.74, 6) is -0.560. The third-order valence-corrected chi connectivity index (χ3v) is 3.59. The predicted octanol–water partition coefficient (Wildman–Crippen LogP) is 3.57. The Bertz CT molecular complexity index is 452. The number of rotatable bonds is 2. The summed E-state index contributed by atoms with van der Waals surface area (Å²) in [6.45, 7) is 3.92. The van der Waals surface area contributed by atoms with Crippen molar-refractivity contribution in [2.24, 2.45) is 0 Å². The molecule has 0 amide bonds. The van der Waals surface area contributed by atoms with Crippen molar-refractivity contribution in [2.45, 2.75) is 50.8 Å². The van der Waals surface area contributed by atoms with E-state index in [2.05, 4.69) is 18.2 Å².